The number of Topliss-reactive ketones (excluding diaryl/α,β-unsaturated/α-hetero) is 1. The first-order valence-electron chi connectivity index (χ1n) is 11.2. The highest BCUT2D eigenvalue weighted by atomic mass is 28.3. The van der Waals surface area contributed by atoms with Gasteiger partial charge >= 0.3 is 0 Å². The average molecular weight is 435 g/mol. The van der Waals surface area contributed by atoms with Crippen LogP contribution in [-0.2, 0) is 20.7 Å². The predicted molar refractivity (Wildman–Crippen MR) is 129 cm³/mol. The van der Waals surface area contributed by atoms with Crippen LogP contribution in [0.1, 0.15) is 39.7 Å². The number of likely N-dealkylation sites (N-methyl/N-ethyl adjacent to an activating group) is 1. The van der Waals surface area contributed by atoms with Crippen molar-refractivity contribution in [2.45, 2.75) is 72.3 Å². The van der Waals surface area contributed by atoms with E-state index in [1.54, 1.807) is 11.9 Å². The Hall–Kier alpha value is -1.50. The molecular formula is C24H42N2O3Si. The predicted octanol–water partition coefficient (Wildman–Crippen LogP) is 4.73. The van der Waals surface area contributed by atoms with Crippen molar-refractivity contribution in [3.63, 3.8) is 0 Å². The average Bonchev–Trinajstić information content (AvgIpc) is 2.67. The van der Waals surface area contributed by atoms with Gasteiger partial charge in [-0.1, -0.05) is 59.5 Å². The molecule has 0 aliphatic rings. The van der Waals surface area contributed by atoms with Gasteiger partial charge in [-0.05, 0) is 43.1 Å². The van der Waals surface area contributed by atoms with E-state index in [0.29, 0.717) is 6.61 Å². The quantitative estimate of drug-likeness (QED) is 0.277. The highest BCUT2D eigenvalue weighted by Crippen LogP contribution is 2.21. The van der Waals surface area contributed by atoms with Gasteiger partial charge in [0, 0.05) is 32.7 Å². The van der Waals surface area contributed by atoms with Gasteiger partial charge in [-0.2, -0.15) is 0 Å². The molecule has 0 aliphatic carbocycles. The van der Waals surface area contributed by atoms with Crippen molar-refractivity contribution in [3.8, 4) is 0 Å². The maximum absolute atomic E-state index is 13.3. The van der Waals surface area contributed by atoms with Gasteiger partial charge < -0.3 is 10.1 Å². The molecule has 170 valence electrons. The molecule has 0 saturated carbocycles. The molecular weight excluding hydrogens is 392 g/mol. The van der Waals surface area contributed by atoms with Crippen LogP contribution in [-0.4, -0.2) is 46.2 Å². The number of ether oxygens (including phenoxy) is 1. The first-order chi connectivity index (χ1) is 14.0. The summed E-state index contributed by atoms with van der Waals surface area (Å²) in [6, 6.07) is 8.85. The Morgan fingerprint density at radius 3 is 2.17 bits per heavy atom. The van der Waals surface area contributed by atoms with Crippen molar-refractivity contribution in [2.75, 3.05) is 25.3 Å². The van der Waals surface area contributed by atoms with Gasteiger partial charge in [-0.25, -0.2) is 0 Å². The fraction of sp³-hybridized carbons (Fsp3) is 0.667. The summed E-state index contributed by atoms with van der Waals surface area (Å²) >= 11 is 0. The van der Waals surface area contributed by atoms with Gasteiger partial charge in [-0.3, -0.25) is 14.5 Å². The summed E-state index contributed by atoms with van der Waals surface area (Å²) in [6.07, 6.45) is 1.17. The lowest BCUT2D eigenvalue weighted by atomic mass is 9.93. The van der Waals surface area contributed by atoms with Crippen molar-refractivity contribution in [1.82, 2.24) is 5.32 Å². The second kappa shape index (κ2) is 12.4. The summed E-state index contributed by atoms with van der Waals surface area (Å²) < 4.78 is 5.91. The Kier molecular flexibility index (Phi) is 10.9. The van der Waals surface area contributed by atoms with E-state index in [0.717, 1.165) is 18.2 Å². The zero-order valence-corrected chi connectivity index (χ0v) is 21.2. The number of benzene rings is 1. The molecule has 1 amide bonds. The van der Waals surface area contributed by atoms with Crippen LogP contribution in [0.4, 0.5) is 5.69 Å². The van der Waals surface area contributed by atoms with E-state index in [2.05, 4.69) is 31.9 Å². The van der Waals surface area contributed by atoms with Crippen molar-refractivity contribution in [3.05, 3.63) is 29.8 Å². The third-order valence-electron chi connectivity index (χ3n) is 5.39. The second-order valence-electron chi connectivity index (χ2n) is 9.72. The molecule has 0 bridgehead atoms. The largest absolute Gasteiger partial charge is 0.361 e. The van der Waals surface area contributed by atoms with Crippen molar-refractivity contribution in [1.29, 1.82) is 0 Å². The summed E-state index contributed by atoms with van der Waals surface area (Å²) in [4.78, 5) is 27.7. The molecule has 0 heterocycles. The molecule has 6 heteroatoms. The molecule has 1 rings (SSSR count). The van der Waals surface area contributed by atoms with E-state index in [1.807, 2.05) is 45.0 Å². The highest BCUT2D eigenvalue weighted by Gasteiger charge is 2.28. The Labute approximate surface area is 184 Å². The van der Waals surface area contributed by atoms with Gasteiger partial charge in [0.1, 0.15) is 6.73 Å². The van der Waals surface area contributed by atoms with E-state index in [9.17, 15) is 9.59 Å². The topological polar surface area (TPSA) is 58.6 Å². The van der Waals surface area contributed by atoms with E-state index >= 15 is 0 Å². The van der Waals surface area contributed by atoms with Gasteiger partial charge in [0.15, 0.2) is 5.78 Å². The Balaban J connectivity index is 2.92. The molecule has 0 radical (unpaired) electrons. The maximum atomic E-state index is 13.3. The van der Waals surface area contributed by atoms with Gasteiger partial charge in [0.25, 0.3) is 0 Å². The molecule has 1 aromatic rings. The molecule has 0 aliphatic heterocycles. The van der Waals surface area contributed by atoms with Crippen LogP contribution < -0.4 is 10.2 Å². The van der Waals surface area contributed by atoms with Crippen molar-refractivity contribution in [2.24, 2.45) is 11.8 Å². The smallest absolute Gasteiger partial charge is 0.232 e. The molecule has 0 aromatic heterocycles. The maximum Gasteiger partial charge on any atom is 0.232 e. The monoisotopic (exact) mass is 434 g/mol. The lowest BCUT2D eigenvalue weighted by Crippen LogP contribution is -2.42. The SMILES string of the molecule is CCc1ccc(N(COCC[Si](C)(C)C)C(=O)[C@@H](C)CC(=O)[C@@H](NC)C(C)C)cc1. The number of nitrogens with zero attached hydrogens (tertiary/aromatic N) is 1. The van der Waals surface area contributed by atoms with Crippen LogP contribution in [0.5, 0.6) is 0 Å². The number of hydrogen-bond donors (Lipinski definition) is 1. The number of aryl methyl sites for hydroxylation is 1. The van der Waals surface area contributed by atoms with Crippen LogP contribution in [0.3, 0.4) is 0 Å². The molecule has 0 unspecified atom stereocenters. The molecule has 1 N–H and O–H groups in total. The minimum absolute atomic E-state index is 0.0702. The zero-order valence-electron chi connectivity index (χ0n) is 20.2. The lowest BCUT2D eigenvalue weighted by molar-refractivity contribution is -0.129. The number of amides is 1. The van der Waals surface area contributed by atoms with Crippen LogP contribution >= 0.6 is 0 Å². The second-order valence-corrected chi connectivity index (χ2v) is 15.3. The number of carbonyl (C=O) groups is 2. The molecule has 5 nitrogen and oxygen atoms in total. The first-order valence-corrected chi connectivity index (χ1v) is 14.9. The van der Waals surface area contributed by atoms with Crippen LogP contribution in [0.25, 0.3) is 0 Å². The molecule has 0 fully saturated rings. The third kappa shape index (κ3) is 8.70. The third-order valence-corrected chi connectivity index (χ3v) is 7.10. The summed E-state index contributed by atoms with van der Waals surface area (Å²) in [6.45, 7) is 15.8. The first kappa shape index (κ1) is 26.5. The minimum atomic E-state index is -1.20. The number of nitrogens with one attached hydrogen (secondary N) is 1. The van der Waals surface area contributed by atoms with E-state index < -0.39 is 14.0 Å². The lowest BCUT2D eigenvalue weighted by Gasteiger charge is -2.27. The highest BCUT2D eigenvalue weighted by molar-refractivity contribution is 6.76. The minimum Gasteiger partial charge on any atom is -0.361 e. The summed E-state index contributed by atoms with van der Waals surface area (Å²) in [5.74, 6) is -0.209. The number of carbonyl (C=O) groups excluding carboxylic acids is 2. The summed E-state index contributed by atoms with van der Waals surface area (Å²) in [5, 5.41) is 3.08. The van der Waals surface area contributed by atoms with E-state index in [-0.39, 0.29) is 36.8 Å². The van der Waals surface area contributed by atoms with Crippen LogP contribution in [0, 0.1) is 11.8 Å². The van der Waals surface area contributed by atoms with Crippen molar-refractivity contribution >= 4 is 25.5 Å². The number of rotatable bonds is 13. The number of ketones is 1. The molecule has 0 spiro atoms. The van der Waals surface area contributed by atoms with Crippen molar-refractivity contribution < 1.29 is 14.3 Å². The molecule has 1 aromatic carbocycles. The Bertz CT molecular complexity index is 668. The molecule has 2 atom stereocenters. The normalized spacial score (nSPS) is 13.9. The van der Waals surface area contributed by atoms with E-state index in [1.165, 1.54) is 5.56 Å². The van der Waals surface area contributed by atoms with Crippen LogP contribution in [0.15, 0.2) is 24.3 Å². The Morgan fingerprint density at radius 1 is 1.10 bits per heavy atom. The fourth-order valence-electron chi connectivity index (χ4n) is 3.36. The number of anilines is 1. The van der Waals surface area contributed by atoms with Gasteiger partial charge in [0.05, 0.1) is 6.04 Å². The zero-order chi connectivity index (χ0) is 22.9. The fourth-order valence-corrected chi connectivity index (χ4v) is 4.12. The van der Waals surface area contributed by atoms with E-state index in [4.69, 9.17) is 4.74 Å². The van der Waals surface area contributed by atoms with Crippen LogP contribution in [0.2, 0.25) is 25.7 Å². The van der Waals surface area contributed by atoms with Gasteiger partial charge in [0.2, 0.25) is 5.91 Å². The van der Waals surface area contributed by atoms with Gasteiger partial charge in [-0.15, -0.1) is 0 Å². The molecule has 30 heavy (non-hydrogen) atoms. The summed E-state index contributed by atoms with van der Waals surface area (Å²) in [5.41, 5.74) is 2.04. The number of hydrogen-bond acceptors (Lipinski definition) is 4. The molecule has 0 saturated heterocycles. The standard InChI is InChI=1S/C24H42N2O3Si/c1-9-20-10-12-21(13-11-20)26(17-29-14-15-30(6,7)8)24(28)19(4)16-22(27)23(25-5)18(2)3/h10-13,18-19,23,25H,9,14-17H2,1-8H3/t19-,23-/m0/s1. The Morgan fingerprint density at radius 2 is 1.70 bits per heavy atom. The summed E-state index contributed by atoms with van der Waals surface area (Å²) in [7, 11) is 0.595.